The highest BCUT2D eigenvalue weighted by molar-refractivity contribution is 6.17. The number of aryl methyl sites for hydroxylation is 2. The molecule has 0 saturated carbocycles. The molecule has 0 bridgehead atoms. The maximum atomic E-state index is 12.3. The Bertz CT molecular complexity index is 664. The van der Waals surface area contributed by atoms with Crippen molar-refractivity contribution in [2.24, 2.45) is 0 Å². The zero-order valence-corrected chi connectivity index (χ0v) is 12.5. The lowest BCUT2D eigenvalue weighted by molar-refractivity contribution is -0.129. The zero-order valence-electron chi connectivity index (χ0n) is 11.8. The summed E-state index contributed by atoms with van der Waals surface area (Å²) in [6.45, 7) is 2.86. The molecule has 1 aliphatic heterocycles. The molecule has 0 spiro atoms. The Morgan fingerprint density at radius 3 is 2.90 bits per heavy atom. The van der Waals surface area contributed by atoms with Crippen LogP contribution < -0.4 is 0 Å². The van der Waals surface area contributed by atoms with E-state index in [4.69, 9.17) is 11.6 Å². The lowest BCUT2D eigenvalue weighted by Crippen LogP contribution is -2.25. The fourth-order valence-corrected chi connectivity index (χ4v) is 3.07. The molecule has 4 nitrogen and oxygen atoms in total. The van der Waals surface area contributed by atoms with Crippen LogP contribution in [-0.4, -0.2) is 39.8 Å². The molecule has 2 aromatic rings. The molecule has 2 heterocycles. The summed E-state index contributed by atoms with van der Waals surface area (Å²) in [5.74, 6) is 1.59. The number of hydrogen-bond donors (Lipinski definition) is 0. The third-order valence-electron chi connectivity index (χ3n) is 3.95. The molecule has 0 aliphatic carbocycles. The quantitative estimate of drug-likeness (QED) is 0.815. The second kappa shape index (κ2) is 5.09. The third-order valence-corrected chi connectivity index (χ3v) is 4.14. The van der Waals surface area contributed by atoms with Gasteiger partial charge in [0.1, 0.15) is 11.9 Å². The van der Waals surface area contributed by atoms with Crippen molar-refractivity contribution in [2.45, 2.75) is 25.8 Å². The number of carbonyl (C=O) groups excluding carboxylic acids is 1. The number of likely N-dealkylation sites (N-methyl/N-ethyl adjacent to an activating group) is 1. The number of carbonyl (C=O) groups is 1. The number of likely N-dealkylation sites (tertiary alicyclic amines) is 1. The lowest BCUT2D eigenvalue weighted by atomic mass is 10.2. The van der Waals surface area contributed by atoms with Crippen LogP contribution in [0.3, 0.4) is 0 Å². The smallest absolute Gasteiger partial charge is 0.245 e. The van der Waals surface area contributed by atoms with E-state index in [1.807, 2.05) is 19.2 Å². The van der Waals surface area contributed by atoms with Crippen molar-refractivity contribution in [3.63, 3.8) is 0 Å². The van der Waals surface area contributed by atoms with Crippen LogP contribution in [0.2, 0.25) is 0 Å². The standard InChI is InChI=1S/C15H18ClN3O/c1-10-3-4-11-13(9-10)19(14(17-11)5-7-16)12-6-8-18(2)15(12)20/h3-4,9,12H,5-8H2,1-2H3. The number of nitrogens with zero attached hydrogens (tertiary/aromatic N) is 3. The number of halogens is 1. The molecular formula is C15H18ClN3O. The third kappa shape index (κ3) is 2.08. The van der Waals surface area contributed by atoms with E-state index in [9.17, 15) is 4.79 Å². The minimum absolute atomic E-state index is 0.134. The maximum Gasteiger partial charge on any atom is 0.245 e. The Morgan fingerprint density at radius 2 is 2.25 bits per heavy atom. The van der Waals surface area contributed by atoms with Crippen molar-refractivity contribution in [1.82, 2.24) is 14.5 Å². The van der Waals surface area contributed by atoms with Crippen LogP contribution in [0.5, 0.6) is 0 Å². The maximum absolute atomic E-state index is 12.3. The van der Waals surface area contributed by atoms with Crippen LogP contribution in [0.4, 0.5) is 0 Å². The molecule has 1 aromatic carbocycles. The van der Waals surface area contributed by atoms with Crippen LogP contribution in [0.25, 0.3) is 11.0 Å². The highest BCUT2D eigenvalue weighted by Crippen LogP contribution is 2.29. The number of rotatable bonds is 3. The van der Waals surface area contributed by atoms with E-state index in [1.165, 1.54) is 5.56 Å². The summed E-state index contributed by atoms with van der Waals surface area (Å²) < 4.78 is 2.09. The van der Waals surface area contributed by atoms with Crippen molar-refractivity contribution >= 4 is 28.5 Å². The fourth-order valence-electron chi connectivity index (χ4n) is 2.91. The minimum atomic E-state index is -0.134. The summed E-state index contributed by atoms with van der Waals surface area (Å²) in [7, 11) is 1.86. The number of imidazole rings is 1. The first kappa shape index (κ1) is 13.4. The molecular weight excluding hydrogens is 274 g/mol. The normalized spacial score (nSPS) is 19.2. The van der Waals surface area contributed by atoms with Gasteiger partial charge in [-0.05, 0) is 31.0 Å². The van der Waals surface area contributed by atoms with Gasteiger partial charge in [-0.3, -0.25) is 4.79 Å². The Balaban J connectivity index is 2.18. The molecule has 5 heteroatoms. The second-order valence-electron chi connectivity index (χ2n) is 5.39. The molecule has 0 N–H and O–H groups in total. The summed E-state index contributed by atoms with van der Waals surface area (Å²) in [5.41, 5.74) is 3.16. The van der Waals surface area contributed by atoms with E-state index in [1.54, 1.807) is 4.90 Å². The zero-order chi connectivity index (χ0) is 14.3. The van der Waals surface area contributed by atoms with Gasteiger partial charge < -0.3 is 9.47 Å². The lowest BCUT2D eigenvalue weighted by Gasteiger charge is -2.15. The number of alkyl halides is 1. The van der Waals surface area contributed by atoms with Crippen molar-refractivity contribution < 1.29 is 4.79 Å². The molecule has 1 unspecified atom stereocenters. The van der Waals surface area contributed by atoms with Crippen LogP contribution >= 0.6 is 11.6 Å². The highest BCUT2D eigenvalue weighted by Gasteiger charge is 2.33. The van der Waals surface area contributed by atoms with Crippen molar-refractivity contribution in [3.8, 4) is 0 Å². The van der Waals surface area contributed by atoms with Crippen LogP contribution in [0.1, 0.15) is 23.9 Å². The van der Waals surface area contributed by atoms with Gasteiger partial charge in [-0.25, -0.2) is 4.98 Å². The summed E-state index contributed by atoms with van der Waals surface area (Å²) in [6, 6.07) is 6.03. The number of fused-ring (bicyclic) bond motifs is 1. The van der Waals surface area contributed by atoms with E-state index in [0.717, 1.165) is 29.8 Å². The van der Waals surface area contributed by atoms with Gasteiger partial charge in [0.25, 0.3) is 0 Å². The van der Waals surface area contributed by atoms with Crippen LogP contribution in [0, 0.1) is 6.92 Å². The fraction of sp³-hybridized carbons (Fsp3) is 0.467. The summed E-state index contributed by atoms with van der Waals surface area (Å²) in [6.07, 6.45) is 1.52. The van der Waals surface area contributed by atoms with E-state index in [-0.39, 0.29) is 11.9 Å². The largest absolute Gasteiger partial charge is 0.344 e. The molecule has 20 heavy (non-hydrogen) atoms. The first-order chi connectivity index (χ1) is 9.61. The van der Waals surface area contributed by atoms with Gasteiger partial charge in [0.2, 0.25) is 5.91 Å². The topological polar surface area (TPSA) is 38.1 Å². The molecule has 1 aromatic heterocycles. The van der Waals surface area contributed by atoms with E-state index in [0.29, 0.717) is 12.3 Å². The van der Waals surface area contributed by atoms with Gasteiger partial charge >= 0.3 is 0 Å². The van der Waals surface area contributed by atoms with E-state index in [2.05, 4.69) is 22.5 Å². The SMILES string of the molecule is Cc1ccc2nc(CCCl)n(C3CCN(C)C3=O)c2c1. The minimum Gasteiger partial charge on any atom is -0.344 e. The van der Waals surface area contributed by atoms with Crippen LogP contribution in [-0.2, 0) is 11.2 Å². The Hall–Kier alpha value is -1.55. The molecule has 1 amide bonds. The number of aromatic nitrogens is 2. The van der Waals surface area contributed by atoms with Gasteiger partial charge in [-0.15, -0.1) is 11.6 Å². The van der Waals surface area contributed by atoms with Crippen LogP contribution in [0.15, 0.2) is 18.2 Å². The molecule has 1 aliphatic rings. The van der Waals surface area contributed by atoms with Crippen molar-refractivity contribution in [2.75, 3.05) is 19.5 Å². The number of benzene rings is 1. The van der Waals surface area contributed by atoms with E-state index < -0.39 is 0 Å². The predicted octanol–water partition coefficient (Wildman–Crippen LogP) is 2.53. The average Bonchev–Trinajstić information content (AvgIpc) is 2.92. The Morgan fingerprint density at radius 1 is 1.45 bits per heavy atom. The molecule has 1 saturated heterocycles. The monoisotopic (exact) mass is 291 g/mol. The molecule has 1 fully saturated rings. The molecule has 1 atom stereocenters. The second-order valence-corrected chi connectivity index (χ2v) is 5.77. The average molecular weight is 292 g/mol. The Labute approximate surface area is 123 Å². The van der Waals surface area contributed by atoms with Crippen molar-refractivity contribution in [1.29, 1.82) is 0 Å². The van der Waals surface area contributed by atoms with Gasteiger partial charge in [0, 0.05) is 25.9 Å². The van der Waals surface area contributed by atoms with Gasteiger partial charge in [-0.2, -0.15) is 0 Å². The number of amides is 1. The summed E-state index contributed by atoms with van der Waals surface area (Å²) in [5, 5.41) is 0. The summed E-state index contributed by atoms with van der Waals surface area (Å²) in [4.78, 5) is 18.8. The van der Waals surface area contributed by atoms with Gasteiger partial charge in [-0.1, -0.05) is 6.07 Å². The van der Waals surface area contributed by atoms with E-state index >= 15 is 0 Å². The highest BCUT2D eigenvalue weighted by atomic mass is 35.5. The number of hydrogen-bond acceptors (Lipinski definition) is 2. The van der Waals surface area contributed by atoms with Gasteiger partial charge in [0.05, 0.1) is 11.0 Å². The van der Waals surface area contributed by atoms with Gasteiger partial charge in [0.15, 0.2) is 0 Å². The van der Waals surface area contributed by atoms with Crippen molar-refractivity contribution in [3.05, 3.63) is 29.6 Å². The predicted molar refractivity (Wildman–Crippen MR) is 80.2 cm³/mol. The first-order valence-electron chi connectivity index (χ1n) is 6.90. The molecule has 106 valence electrons. The Kier molecular flexibility index (Phi) is 3.42. The summed E-state index contributed by atoms with van der Waals surface area (Å²) >= 11 is 5.89. The first-order valence-corrected chi connectivity index (χ1v) is 7.43. The molecule has 0 radical (unpaired) electrons. The molecule has 3 rings (SSSR count).